The molecule has 122 valence electrons. The van der Waals surface area contributed by atoms with Gasteiger partial charge in [0.05, 0.1) is 9.90 Å². The Balaban J connectivity index is 1.82. The quantitative estimate of drug-likeness (QED) is 0.806. The van der Waals surface area contributed by atoms with Crippen LogP contribution in [0, 0.1) is 13.8 Å². The van der Waals surface area contributed by atoms with Gasteiger partial charge in [-0.15, -0.1) is 11.3 Å². The molecule has 1 aromatic carbocycles. The Kier molecular flexibility index (Phi) is 5.87. The molecule has 0 saturated heterocycles. The SMILES string of the molecule is Cc1ccc(OCC(=O)NNC(=O)c2cc(Cl)sc2Cl)cc1C. The Morgan fingerprint density at radius 1 is 1.13 bits per heavy atom. The van der Waals surface area contributed by atoms with Crippen LogP contribution in [-0.2, 0) is 4.79 Å². The minimum atomic E-state index is -0.544. The maximum absolute atomic E-state index is 11.8. The molecule has 0 atom stereocenters. The Morgan fingerprint density at radius 2 is 1.87 bits per heavy atom. The van der Waals surface area contributed by atoms with Gasteiger partial charge in [-0.1, -0.05) is 29.3 Å². The first-order valence-corrected chi connectivity index (χ1v) is 8.18. The molecule has 0 unspecified atom stereocenters. The molecule has 1 heterocycles. The fraction of sp³-hybridized carbons (Fsp3) is 0.200. The molecule has 0 bridgehead atoms. The Bertz CT molecular complexity index is 746. The van der Waals surface area contributed by atoms with Crippen LogP contribution >= 0.6 is 34.5 Å². The lowest BCUT2D eigenvalue weighted by Gasteiger charge is -2.09. The molecule has 2 amide bonds. The lowest BCUT2D eigenvalue weighted by atomic mass is 10.1. The van der Waals surface area contributed by atoms with E-state index in [1.165, 1.54) is 6.07 Å². The Morgan fingerprint density at radius 3 is 2.48 bits per heavy atom. The van der Waals surface area contributed by atoms with Crippen LogP contribution in [0.2, 0.25) is 8.67 Å². The monoisotopic (exact) mass is 372 g/mol. The number of ether oxygens (including phenoxy) is 1. The molecule has 0 radical (unpaired) electrons. The summed E-state index contributed by atoms with van der Waals surface area (Å²) in [6.45, 7) is 3.72. The number of nitrogens with one attached hydrogen (secondary N) is 2. The van der Waals surface area contributed by atoms with Crippen LogP contribution in [0.15, 0.2) is 24.3 Å². The molecular formula is C15H14Cl2N2O3S. The summed E-state index contributed by atoms with van der Waals surface area (Å²) < 4.78 is 6.01. The van der Waals surface area contributed by atoms with Crippen molar-refractivity contribution in [3.05, 3.63) is 49.6 Å². The van der Waals surface area contributed by atoms with E-state index in [9.17, 15) is 9.59 Å². The second-order valence-electron chi connectivity index (χ2n) is 4.77. The second-order valence-corrected chi connectivity index (χ2v) is 7.06. The van der Waals surface area contributed by atoms with Crippen LogP contribution in [0.1, 0.15) is 21.5 Å². The molecule has 2 rings (SSSR count). The molecule has 0 spiro atoms. The highest BCUT2D eigenvalue weighted by atomic mass is 35.5. The van der Waals surface area contributed by atoms with Crippen LogP contribution in [0.4, 0.5) is 0 Å². The van der Waals surface area contributed by atoms with Crippen molar-refractivity contribution in [2.45, 2.75) is 13.8 Å². The summed E-state index contributed by atoms with van der Waals surface area (Å²) >= 11 is 12.7. The number of halogens is 2. The zero-order chi connectivity index (χ0) is 17.0. The predicted molar refractivity (Wildman–Crippen MR) is 91.4 cm³/mol. The van der Waals surface area contributed by atoms with Crippen LogP contribution in [0.5, 0.6) is 5.75 Å². The van der Waals surface area contributed by atoms with E-state index in [1.54, 1.807) is 6.07 Å². The van der Waals surface area contributed by atoms with Gasteiger partial charge >= 0.3 is 0 Å². The highest BCUT2D eigenvalue weighted by Gasteiger charge is 2.15. The maximum atomic E-state index is 11.8. The normalized spacial score (nSPS) is 10.3. The summed E-state index contributed by atoms with van der Waals surface area (Å²) in [4.78, 5) is 23.5. The zero-order valence-corrected chi connectivity index (χ0v) is 14.7. The van der Waals surface area contributed by atoms with E-state index in [0.29, 0.717) is 10.1 Å². The number of amides is 2. The summed E-state index contributed by atoms with van der Waals surface area (Å²) in [5.74, 6) is -0.450. The molecule has 5 nitrogen and oxygen atoms in total. The first-order valence-electron chi connectivity index (χ1n) is 6.61. The maximum Gasteiger partial charge on any atom is 0.276 e. The van der Waals surface area contributed by atoms with E-state index in [4.69, 9.17) is 27.9 Å². The van der Waals surface area contributed by atoms with Crippen molar-refractivity contribution in [1.82, 2.24) is 10.9 Å². The van der Waals surface area contributed by atoms with Gasteiger partial charge in [-0.05, 0) is 43.2 Å². The molecule has 0 aliphatic rings. The molecule has 1 aromatic heterocycles. The van der Waals surface area contributed by atoms with Crippen molar-refractivity contribution in [2.75, 3.05) is 6.61 Å². The van der Waals surface area contributed by atoms with Crippen LogP contribution in [0.25, 0.3) is 0 Å². The lowest BCUT2D eigenvalue weighted by Crippen LogP contribution is -2.43. The van der Waals surface area contributed by atoms with Crippen LogP contribution in [0.3, 0.4) is 0 Å². The van der Waals surface area contributed by atoms with Crippen molar-refractivity contribution < 1.29 is 14.3 Å². The number of thiophene rings is 1. The molecule has 23 heavy (non-hydrogen) atoms. The van der Waals surface area contributed by atoms with Crippen molar-refractivity contribution in [3.63, 3.8) is 0 Å². The topological polar surface area (TPSA) is 67.4 Å². The van der Waals surface area contributed by atoms with E-state index in [1.807, 2.05) is 26.0 Å². The Hall–Kier alpha value is -1.76. The van der Waals surface area contributed by atoms with Gasteiger partial charge in [-0.3, -0.25) is 20.4 Å². The number of hydrazine groups is 1. The zero-order valence-electron chi connectivity index (χ0n) is 12.4. The number of hydrogen-bond donors (Lipinski definition) is 2. The standard InChI is InChI=1S/C15H14Cl2N2O3S/c1-8-3-4-10(5-9(8)2)22-7-13(20)18-19-15(21)11-6-12(16)23-14(11)17/h3-6H,7H2,1-2H3,(H,18,20)(H,19,21). The molecular weight excluding hydrogens is 359 g/mol. The number of carbonyl (C=O) groups is 2. The average molecular weight is 373 g/mol. The smallest absolute Gasteiger partial charge is 0.276 e. The third-order valence-electron chi connectivity index (χ3n) is 3.07. The Labute approximate surface area is 147 Å². The first-order chi connectivity index (χ1) is 10.9. The van der Waals surface area contributed by atoms with Gasteiger partial charge in [-0.25, -0.2) is 0 Å². The van der Waals surface area contributed by atoms with Crippen molar-refractivity contribution in [3.8, 4) is 5.75 Å². The molecule has 8 heteroatoms. The van der Waals surface area contributed by atoms with Crippen molar-refractivity contribution in [2.24, 2.45) is 0 Å². The fourth-order valence-corrected chi connectivity index (χ4v) is 3.14. The molecule has 0 fully saturated rings. The average Bonchev–Trinajstić information content (AvgIpc) is 2.84. The van der Waals surface area contributed by atoms with Gasteiger partial charge in [-0.2, -0.15) is 0 Å². The predicted octanol–water partition coefficient (Wildman–Crippen LogP) is 3.51. The van der Waals surface area contributed by atoms with Gasteiger partial charge in [0.1, 0.15) is 10.1 Å². The van der Waals surface area contributed by atoms with Crippen molar-refractivity contribution in [1.29, 1.82) is 0 Å². The summed E-state index contributed by atoms with van der Waals surface area (Å²) in [6, 6.07) is 6.96. The van der Waals surface area contributed by atoms with Crippen molar-refractivity contribution >= 4 is 46.4 Å². The molecule has 0 saturated carbocycles. The number of aryl methyl sites for hydroxylation is 2. The molecule has 2 aromatic rings. The van der Waals surface area contributed by atoms with E-state index in [2.05, 4.69) is 10.9 Å². The van der Waals surface area contributed by atoms with Gasteiger partial charge in [0, 0.05) is 0 Å². The minimum Gasteiger partial charge on any atom is -0.484 e. The second kappa shape index (κ2) is 7.68. The van der Waals surface area contributed by atoms with Crippen LogP contribution in [-0.4, -0.2) is 18.4 Å². The number of carbonyl (C=O) groups excluding carboxylic acids is 2. The highest BCUT2D eigenvalue weighted by Crippen LogP contribution is 2.30. The lowest BCUT2D eigenvalue weighted by molar-refractivity contribution is -0.123. The summed E-state index contributed by atoms with van der Waals surface area (Å²) in [7, 11) is 0. The van der Waals surface area contributed by atoms with E-state index in [0.717, 1.165) is 22.5 Å². The minimum absolute atomic E-state index is 0.206. The summed E-state index contributed by atoms with van der Waals surface area (Å²) in [5, 5.41) is 0. The van der Waals surface area contributed by atoms with Gasteiger partial charge in [0.25, 0.3) is 11.8 Å². The largest absolute Gasteiger partial charge is 0.484 e. The number of benzene rings is 1. The first kappa shape index (κ1) is 17.6. The third kappa shape index (κ3) is 4.86. The van der Waals surface area contributed by atoms with Crippen LogP contribution < -0.4 is 15.6 Å². The van der Waals surface area contributed by atoms with Gasteiger partial charge in [0.2, 0.25) is 0 Å². The summed E-state index contributed by atoms with van der Waals surface area (Å²) in [6.07, 6.45) is 0. The number of hydrogen-bond acceptors (Lipinski definition) is 4. The van der Waals surface area contributed by atoms with Gasteiger partial charge in [0.15, 0.2) is 6.61 Å². The van der Waals surface area contributed by atoms with E-state index in [-0.39, 0.29) is 16.5 Å². The van der Waals surface area contributed by atoms with Gasteiger partial charge < -0.3 is 4.74 Å². The third-order valence-corrected chi connectivity index (χ3v) is 4.55. The van der Waals surface area contributed by atoms with E-state index >= 15 is 0 Å². The molecule has 0 aliphatic heterocycles. The summed E-state index contributed by atoms with van der Waals surface area (Å²) in [5.41, 5.74) is 6.92. The fourth-order valence-electron chi connectivity index (χ4n) is 1.68. The number of rotatable bonds is 4. The van der Waals surface area contributed by atoms with E-state index < -0.39 is 11.8 Å². The molecule has 0 aliphatic carbocycles. The molecule has 2 N–H and O–H groups in total. The highest BCUT2D eigenvalue weighted by molar-refractivity contribution is 7.20.